The third-order valence-electron chi connectivity index (χ3n) is 2.07. The number of pyridine rings is 1. The highest BCUT2D eigenvalue weighted by atomic mass is 16.5. The van der Waals surface area contributed by atoms with Crippen LogP contribution in [0.25, 0.3) is 0 Å². The van der Waals surface area contributed by atoms with Gasteiger partial charge in [-0.2, -0.15) is 0 Å². The summed E-state index contributed by atoms with van der Waals surface area (Å²) >= 11 is 0. The average Bonchev–Trinajstić information content (AvgIpc) is 2.25. The number of aryl methyl sites for hydroxylation is 1. The van der Waals surface area contributed by atoms with Gasteiger partial charge in [0.05, 0.1) is 6.61 Å². The second-order valence-corrected chi connectivity index (χ2v) is 3.14. The summed E-state index contributed by atoms with van der Waals surface area (Å²) in [5.74, 6) is 0.629. The van der Waals surface area contributed by atoms with Gasteiger partial charge >= 0.3 is 0 Å². The minimum atomic E-state index is 0.512. The molecule has 1 rings (SSSR count). The number of nitrogens with zero attached hydrogens (tertiary/aromatic N) is 1. The first kappa shape index (κ1) is 11.9. The van der Waals surface area contributed by atoms with E-state index in [-0.39, 0.29) is 0 Å². The highest BCUT2D eigenvalue weighted by Gasteiger charge is 2.00. The summed E-state index contributed by atoms with van der Waals surface area (Å²) in [6.07, 6.45) is 0. The summed E-state index contributed by atoms with van der Waals surface area (Å²) in [6.45, 7) is 6.23. The molecule has 1 heterocycles. The number of nitrogens with two attached hydrogens (primary N) is 1. The third kappa shape index (κ3) is 3.85. The molecule has 0 atom stereocenters. The molecule has 0 aliphatic heterocycles. The molecule has 0 aliphatic carbocycles. The van der Waals surface area contributed by atoms with E-state index in [0.717, 1.165) is 11.3 Å². The molecule has 4 nitrogen and oxygen atoms in total. The summed E-state index contributed by atoms with van der Waals surface area (Å²) in [5.41, 5.74) is 7.51. The lowest BCUT2D eigenvalue weighted by Crippen LogP contribution is -2.08. The Bertz CT molecular complexity index is 303. The maximum absolute atomic E-state index is 5.54. The van der Waals surface area contributed by atoms with Gasteiger partial charge in [0.25, 0.3) is 0 Å². The van der Waals surface area contributed by atoms with Crippen LogP contribution < -0.4 is 10.5 Å². The molecule has 0 saturated carbocycles. The van der Waals surface area contributed by atoms with Crippen LogP contribution >= 0.6 is 0 Å². The maximum Gasteiger partial charge on any atom is 0.213 e. The molecule has 0 aromatic carbocycles. The zero-order valence-electron chi connectivity index (χ0n) is 9.32. The van der Waals surface area contributed by atoms with Gasteiger partial charge in [0.1, 0.15) is 6.61 Å². The van der Waals surface area contributed by atoms with E-state index in [4.69, 9.17) is 15.2 Å². The molecule has 0 spiro atoms. The quantitative estimate of drug-likeness (QED) is 0.718. The van der Waals surface area contributed by atoms with Crippen molar-refractivity contribution in [3.63, 3.8) is 0 Å². The van der Waals surface area contributed by atoms with Gasteiger partial charge < -0.3 is 15.2 Å². The molecule has 0 aliphatic rings. The van der Waals surface area contributed by atoms with Crippen LogP contribution in [0.2, 0.25) is 0 Å². The van der Waals surface area contributed by atoms with Crippen molar-refractivity contribution in [2.45, 2.75) is 20.4 Å². The van der Waals surface area contributed by atoms with Crippen LogP contribution in [0.15, 0.2) is 12.1 Å². The highest BCUT2D eigenvalue weighted by molar-refractivity contribution is 5.24. The minimum Gasteiger partial charge on any atom is -0.475 e. The van der Waals surface area contributed by atoms with Gasteiger partial charge in [-0.3, -0.25) is 0 Å². The fraction of sp³-hybridized carbons (Fsp3) is 0.545. The monoisotopic (exact) mass is 210 g/mol. The molecule has 0 bridgehead atoms. The maximum atomic E-state index is 5.54. The van der Waals surface area contributed by atoms with Crippen molar-refractivity contribution in [2.75, 3.05) is 19.8 Å². The lowest BCUT2D eigenvalue weighted by Gasteiger charge is -2.07. The smallest absolute Gasteiger partial charge is 0.213 e. The Labute approximate surface area is 90.4 Å². The number of aromatic nitrogens is 1. The zero-order chi connectivity index (χ0) is 11.1. The normalized spacial score (nSPS) is 10.3. The van der Waals surface area contributed by atoms with E-state index in [0.29, 0.717) is 32.2 Å². The van der Waals surface area contributed by atoms with Crippen LogP contribution in [0.4, 0.5) is 0 Å². The van der Waals surface area contributed by atoms with Crippen molar-refractivity contribution < 1.29 is 9.47 Å². The van der Waals surface area contributed by atoms with Gasteiger partial charge in [-0.05, 0) is 19.4 Å². The summed E-state index contributed by atoms with van der Waals surface area (Å²) in [7, 11) is 0. The van der Waals surface area contributed by atoms with Gasteiger partial charge in [0.2, 0.25) is 5.88 Å². The molecule has 1 aromatic heterocycles. The van der Waals surface area contributed by atoms with Crippen LogP contribution in [-0.4, -0.2) is 24.8 Å². The predicted molar refractivity (Wildman–Crippen MR) is 58.9 cm³/mol. The Kier molecular flexibility index (Phi) is 5.07. The van der Waals surface area contributed by atoms with Gasteiger partial charge in [-0.25, -0.2) is 4.98 Å². The SMILES string of the molecule is CCOCCOc1ccc(CN)c(C)n1. The summed E-state index contributed by atoms with van der Waals surface area (Å²) in [5, 5.41) is 0. The van der Waals surface area contributed by atoms with Crippen molar-refractivity contribution in [2.24, 2.45) is 5.73 Å². The molecule has 0 radical (unpaired) electrons. The fourth-order valence-corrected chi connectivity index (χ4v) is 1.21. The standard InChI is InChI=1S/C11H18N2O2/c1-3-14-6-7-15-11-5-4-10(8-12)9(2)13-11/h4-5H,3,6-8,12H2,1-2H3. The van der Waals surface area contributed by atoms with E-state index in [1.807, 2.05) is 26.0 Å². The first-order valence-corrected chi connectivity index (χ1v) is 5.15. The molecule has 4 heteroatoms. The summed E-state index contributed by atoms with van der Waals surface area (Å²) in [6, 6.07) is 3.78. The van der Waals surface area contributed by atoms with Gasteiger partial charge in [0.15, 0.2) is 0 Å². The van der Waals surface area contributed by atoms with Crippen molar-refractivity contribution in [1.82, 2.24) is 4.98 Å². The Morgan fingerprint density at radius 2 is 2.13 bits per heavy atom. The van der Waals surface area contributed by atoms with Crippen LogP contribution in [-0.2, 0) is 11.3 Å². The largest absolute Gasteiger partial charge is 0.475 e. The zero-order valence-corrected chi connectivity index (χ0v) is 9.32. The molecule has 0 saturated heterocycles. The fourth-order valence-electron chi connectivity index (χ4n) is 1.21. The lowest BCUT2D eigenvalue weighted by molar-refractivity contribution is 0.108. The lowest BCUT2D eigenvalue weighted by atomic mass is 10.2. The number of hydrogen-bond acceptors (Lipinski definition) is 4. The Balaban J connectivity index is 2.45. The molecule has 2 N–H and O–H groups in total. The molecule has 0 fully saturated rings. The predicted octanol–water partition coefficient (Wildman–Crippen LogP) is 1.26. The van der Waals surface area contributed by atoms with Crippen molar-refractivity contribution in [1.29, 1.82) is 0 Å². The molecular formula is C11H18N2O2. The van der Waals surface area contributed by atoms with Crippen LogP contribution in [0.3, 0.4) is 0 Å². The minimum absolute atomic E-state index is 0.512. The topological polar surface area (TPSA) is 57.4 Å². The first-order chi connectivity index (χ1) is 7.27. The van der Waals surface area contributed by atoms with E-state index in [9.17, 15) is 0 Å². The van der Waals surface area contributed by atoms with Crippen molar-refractivity contribution in [3.8, 4) is 5.88 Å². The molecule has 1 aromatic rings. The van der Waals surface area contributed by atoms with E-state index >= 15 is 0 Å². The summed E-state index contributed by atoms with van der Waals surface area (Å²) in [4.78, 5) is 4.28. The van der Waals surface area contributed by atoms with E-state index in [1.54, 1.807) is 0 Å². The van der Waals surface area contributed by atoms with E-state index in [1.165, 1.54) is 0 Å². The molecular weight excluding hydrogens is 192 g/mol. The number of hydrogen-bond donors (Lipinski definition) is 1. The number of ether oxygens (including phenoxy) is 2. The number of rotatable bonds is 6. The van der Waals surface area contributed by atoms with Crippen molar-refractivity contribution >= 4 is 0 Å². The van der Waals surface area contributed by atoms with E-state index < -0.39 is 0 Å². The average molecular weight is 210 g/mol. The second-order valence-electron chi connectivity index (χ2n) is 3.14. The Morgan fingerprint density at radius 1 is 1.33 bits per heavy atom. The van der Waals surface area contributed by atoms with Gasteiger partial charge in [-0.1, -0.05) is 6.07 Å². The van der Waals surface area contributed by atoms with Gasteiger partial charge in [0, 0.05) is 24.9 Å². The van der Waals surface area contributed by atoms with Crippen molar-refractivity contribution in [3.05, 3.63) is 23.4 Å². The molecule has 15 heavy (non-hydrogen) atoms. The first-order valence-electron chi connectivity index (χ1n) is 5.15. The Hall–Kier alpha value is -1.13. The van der Waals surface area contributed by atoms with E-state index in [2.05, 4.69) is 4.98 Å². The molecule has 0 amide bonds. The second kappa shape index (κ2) is 6.37. The van der Waals surface area contributed by atoms with Gasteiger partial charge in [-0.15, -0.1) is 0 Å². The van der Waals surface area contributed by atoms with Crippen LogP contribution in [0, 0.1) is 6.92 Å². The molecule has 84 valence electrons. The van der Waals surface area contributed by atoms with Crippen LogP contribution in [0.1, 0.15) is 18.2 Å². The summed E-state index contributed by atoms with van der Waals surface area (Å²) < 4.78 is 10.6. The highest BCUT2D eigenvalue weighted by Crippen LogP contribution is 2.11. The Morgan fingerprint density at radius 3 is 2.73 bits per heavy atom. The van der Waals surface area contributed by atoms with Crippen LogP contribution in [0.5, 0.6) is 5.88 Å². The third-order valence-corrected chi connectivity index (χ3v) is 2.07. The molecule has 0 unspecified atom stereocenters.